The lowest BCUT2D eigenvalue weighted by Gasteiger charge is -2.05. The first-order chi connectivity index (χ1) is 7.65. The van der Waals surface area contributed by atoms with Gasteiger partial charge in [0.15, 0.2) is 11.6 Å². The SMILES string of the molecule is NC(=NO)c1[nH]c(=O)c2ccccc2c1O. The number of nitrogens with one attached hydrogen (secondary N) is 1. The predicted molar refractivity (Wildman–Crippen MR) is 58.7 cm³/mol. The largest absolute Gasteiger partial charge is 0.505 e. The Morgan fingerprint density at radius 1 is 1.31 bits per heavy atom. The number of nitrogens with zero attached hydrogens (tertiary/aromatic N) is 1. The second-order valence-electron chi connectivity index (χ2n) is 3.21. The summed E-state index contributed by atoms with van der Waals surface area (Å²) in [6, 6.07) is 6.51. The van der Waals surface area contributed by atoms with Gasteiger partial charge in [0, 0.05) is 5.39 Å². The fraction of sp³-hybridized carbons (Fsp3) is 0. The Balaban J connectivity index is 2.91. The van der Waals surface area contributed by atoms with E-state index < -0.39 is 5.56 Å². The number of oxime groups is 1. The Morgan fingerprint density at radius 2 is 1.94 bits per heavy atom. The number of amidine groups is 1. The summed E-state index contributed by atoms with van der Waals surface area (Å²) in [6.07, 6.45) is 0. The van der Waals surface area contributed by atoms with Gasteiger partial charge >= 0.3 is 0 Å². The predicted octanol–water partition coefficient (Wildman–Crippen LogP) is 0.328. The molecule has 6 heteroatoms. The van der Waals surface area contributed by atoms with Crippen molar-refractivity contribution in [3.8, 4) is 5.75 Å². The van der Waals surface area contributed by atoms with Crippen LogP contribution in [0.15, 0.2) is 34.2 Å². The Labute approximate surface area is 89.6 Å². The van der Waals surface area contributed by atoms with Crippen LogP contribution in [-0.2, 0) is 0 Å². The van der Waals surface area contributed by atoms with Gasteiger partial charge in [-0.15, -0.1) is 0 Å². The summed E-state index contributed by atoms with van der Waals surface area (Å²) in [5.74, 6) is -0.564. The van der Waals surface area contributed by atoms with E-state index in [4.69, 9.17) is 10.9 Å². The van der Waals surface area contributed by atoms with Crippen molar-refractivity contribution >= 4 is 16.6 Å². The third kappa shape index (κ3) is 1.36. The maximum absolute atomic E-state index is 11.6. The molecule has 16 heavy (non-hydrogen) atoms. The van der Waals surface area contributed by atoms with Gasteiger partial charge in [0.25, 0.3) is 5.56 Å². The van der Waals surface area contributed by atoms with Crippen molar-refractivity contribution in [2.45, 2.75) is 0 Å². The van der Waals surface area contributed by atoms with Crippen LogP contribution >= 0.6 is 0 Å². The fourth-order valence-corrected chi connectivity index (χ4v) is 1.50. The highest BCUT2D eigenvalue weighted by Crippen LogP contribution is 2.23. The molecule has 1 heterocycles. The van der Waals surface area contributed by atoms with Crippen molar-refractivity contribution in [2.75, 3.05) is 0 Å². The van der Waals surface area contributed by atoms with Gasteiger partial charge < -0.3 is 21.0 Å². The van der Waals surface area contributed by atoms with Gasteiger partial charge in [0.05, 0.1) is 5.39 Å². The van der Waals surface area contributed by atoms with E-state index in [9.17, 15) is 9.90 Å². The number of pyridine rings is 1. The average molecular weight is 219 g/mol. The first-order valence-corrected chi connectivity index (χ1v) is 4.47. The molecule has 2 rings (SSSR count). The van der Waals surface area contributed by atoms with E-state index in [-0.39, 0.29) is 17.3 Å². The van der Waals surface area contributed by atoms with Gasteiger partial charge in [-0.2, -0.15) is 0 Å². The zero-order valence-electron chi connectivity index (χ0n) is 8.14. The molecule has 0 aliphatic rings. The molecule has 0 unspecified atom stereocenters. The number of aromatic nitrogens is 1. The van der Waals surface area contributed by atoms with E-state index in [0.717, 1.165) is 0 Å². The van der Waals surface area contributed by atoms with Gasteiger partial charge in [-0.3, -0.25) is 4.79 Å². The summed E-state index contributed by atoms with van der Waals surface area (Å²) in [6.45, 7) is 0. The van der Waals surface area contributed by atoms with Crippen LogP contribution in [0.3, 0.4) is 0 Å². The lowest BCUT2D eigenvalue weighted by atomic mass is 10.1. The summed E-state index contributed by atoms with van der Waals surface area (Å²) in [7, 11) is 0. The molecule has 0 atom stereocenters. The smallest absolute Gasteiger partial charge is 0.256 e. The molecule has 0 spiro atoms. The van der Waals surface area contributed by atoms with Gasteiger partial charge in [0.2, 0.25) is 0 Å². The number of aromatic amines is 1. The van der Waals surface area contributed by atoms with E-state index in [1.165, 1.54) is 0 Å². The van der Waals surface area contributed by atoms with Gasteiger partial charge in [-0.05, 0) is 6.07 Å². The highest BCUT2D eigenvalue weighted by Gasteiger charge is 2.12. The molecule has 0 fully saturated rings. The molecule has 5 N–H and O–H groups in total. The van der Waals surface area contributed by atoms with Crippen molar-refractivity contribution in [1.82, 2.24) is 4.98 Å². The molecular weight excluding hydrogens is 210 g/mol. The van der Waals surface area contributed by atoms with E-state index >= 15 is 0 Å². The number of rotatable bonds is 1. The Hall–Kier alpha value is -2.50. The highest BCUT2D eigenvalue weighted by molar-refractivity contribution is 6.03. The van der Waals surface area contributed by atoms with Crippen LogP contribution in [0.1, 0.15) is 5.69 Å². The Bertz CT molecular complexity index is 631. The first kappa shape index (κ1) is 10.0. The molecule has 0 radical (unpaired) electrons. The van der Waals surface area contributed by atoms with Crippen LogP contribution in [0.5, 0.6) is 5.75 Å². The normalized spacial score (nSPS) is 11.9. The Morgan fingerprint density at radius 3 is 2.56 bits per heavy atom. The molecule has 82 valence electrons. The van der Waals surface area contributed by atoms with Gasteiger partial charge in [0.1, 0.15) is 5.69 Å². The maximum Gasteiger partial charge on any atom is 0.256 e. The van der Waals surface area contributed by atoms with Crippen molar-refractivity contribution in [2.24, 2.45) is 10.9 Å². The van der Waals surface area contributed by atoms with Gasteiger partial charge in [-0.1, -0.05) is 23.4 Å². The molecule has 0 saturated carbocycles. The second kappa shape index (κ2) is 3.58. The maximum atomic E-state index is 11.6. The zero-order valence-corrected chi connectivity index (χ0v) is 8.14. The molecular formula is C10H9N3O3. The van der Waals surface area contributed by atoms with E-state index in [1.54, 1.807) is 24.3 Å². The quantitative estimate of drug-likeness (QED) is 0.239. The number of benzene rings is 1. The van der Waals surface area contributed by atoms with Crippen LogP contribution in [0.25, 0.3) is 10.8 Å². The molecule has 2 aromatic rings. The van der Waals surface area contributed by atoms with Crippen molar-refractivity contribution in [3.05, 3.63) is 40.3 Å². The van der Waals surface area contributed by atoms with E-state index in [0.29, 0.717) is 10.8 Å². The van der Waals surface area contributed by atoms with Crippen molar-refractivity contribution < 1.29 is 10.3 Å². The summed E-state index contributed by atoms with van der Waals surface area (Å²) in [4.78, 5) is 14.0. The van der Waals surface area contributed by atoms with Crippen LogP contribution < -0.4 is 11.3 Å². The molecule has 1 aromatic heterocycles. The monoisotopic (exact) mass is 219 g/mol. The van der Waals surface area contributed by atoms with Crippen LogP contribution in [-0.4, -0.2) is 21.1 Å². The van der Waals surface area contributed by atoms with E-state index in [2.05, 4.69) is 10.1 Å². The number of hydrogen-bond acceptors (Lipinski definition) is 4. The molecule has 1 aromatic carbocycles. The standard InChI is InChI=1S/C10H9N3O3/c11-9(13-16)7-8(14)5-3-1-2-4-6(5)10(15)12-7/h1-4,14,16H,(H2,11,13)(H,12,15). The first-order valence-electron chi connectivity index (χ1n) is 4.47. The summed E-state index contributed by atoms with van der Waals surface area (Å²) in [5.41, 5.74) is 4.83. The summed E-state index contributed by atoms with van der Waals surface area (Å²) < 4.78 is 0. The third-order valence-corrected chi connectivity index (χ3v) is 2.27. The number of hydrogen-bond donors (Lipinski definition) is 4. The fourth-order valence-electron chi connectivity index (χ4n) is 1.50. The molecule has 0 aliphatic heterocycles. The van der Waals surface area contributed by atoms with Crippen molar-refractivity contribution in [1.29, 1.82) is 0 Å². The molecule has 0 amide bonds. The minimum Gasteiger partial charge on any atom is -0.505 e. The molecule has 0 aliphatic carbocycles. The number of H-pyrrole nitrogens is 1. The van der Waals surface area contributed by atoms with Crippen molar-refractivity contribution in [3.63, 3.8) is 0 Å². The van der Waals surface area contributed by atoms with Crippen LogP contribution in [0.2, 0.25) is 0 Å². The minimum atomic E-state index is -0.407. The van der Waals surface area contributed by atoms with Crippen LogP contribution in [0.4, 0.5) is 0 Å². The third-order valence-electron chi connectivity index (χ3n) is 2.27. The number of fused-ring (bicyclic) bond motifs is 1. The number of aromatic hydroxyl groups is 1. The summed E-state index contributed by atoms with van der Waals surface area (Å²) in [5, 5.41) is 21.8. The summed E-state index contributed by atoms with van der Waals surface area (Å²) >= 11 is 0. The topological polar surface area (TPSA) is 112 Å². The Kier molecular flexibility index (Phi) is 2.24. The lowest BCUT2D eigenvalue weighted by Crippen LogP contribution is -2.20. The number of nitrogens with two attached hydrogens (primary N) is 1. The second-order valence-corrected chi connectivity index (χ2v) is 3.21. The van der Waals surface area contributed by atoms with E-state index in [1.807, 2.05) is 0 Å². The molecule has 0 saturated heterocycles. The average Bonchev–Trinajstić information content (AvgIpc) is 2.33. The molecule has 0 bridgehead atoms. The molecule has 6 nitrogen and oxygen atoms in total. The zero-order chi connectivity index (χ0) is 11.7. The minimum absolute atomic E-state index is 0.0915. The highest BCUT2D eigenvalue weighted by atomic mass is 16.4. The van der Waals surface area contributed by atoms with Crippen LogP contribution in [0, 0.1) is 0 Å². The lowest BCUT2D eigenvalue weighted by molar-refractivity contribution is 0.318. The van der Waals surface area contributed by atoms with Gasteiger partial charge in [-0.25, -0.2) is 0 Å².